The Hall–Kier alpha value is -1.04. The van der Waals surface area contributed by atoms with Gasteiger partial charge in [0, 0.05) is 32.0 Å². The maximum Gasteiger partial charge on any atom is 0.141 e. The van der Waals surface area contributed by atoms with E-state index in [4.69, 9.17) is 4.74 Å². The lowest BCUT2D eigenvalue weighted by atomic mass is 9.98. The minimum absolute atomic E-state index is 0.321. The molecule has 1 aromatic rings. The van der Waals surface area contributed by atoms with Crippen molar-refractivity contribution in [3.05, 3.63) is 29.8 Å². The average molecular weight is 228 g/mol. The molecule has 0 aliphatic carbocycles. The lowest BCUT2D eigenvalue weighted by Gasteiger charge is -2.23. The molecule has 0 aliphatic rings. The molecule has 0 amide bonds. The molecule has 0 fully saturated rings. The minimum Gasteiger partial charge on any atom is -0.384 e. The quantitative estimate of drug-likeness (QED) is 0.702. The second kappa shape index (κ2) is 5.89. The molecular weight excluding hydrogens is 211 g/mol. The van der Waals surface area contributed by atoms with Gasteiger partial charge in [-0.15, -0.1) is 0 Å². The molecule has 16 heavy (non-hydrogen) atoms. The Labute approximate surface area is 94.5 Å². The smallest absolute Gasteiger partial charge is 0.141 e. The van der Waals surface area contributed by atoms with E-state index in [0.717, 1.165) is 6.20 Å². The van der Waals surface area contributed by atoms with Crippen LogP contribution in [0.2, 0.25) is 0 Å². The predicted molar refractivity (Wildman–Crippen MR) is 58.5 cm³/mol. The summed E-state index contributed by atoms with van der Waals surface area (Å²) >= 11 is 0. The molecule has 2 N–H and O–H groups in total. The van der Waals surface area contributed by atoms with Crippen LogP contribution in [0.15, 0.2) is 18.5 Å². The number of hydrogen-bond donors (Lipinski definition) is 2. The van der Waals surface area contributed by atoms with Gasteiger partial charge in [-0.2, -0.15) is 0 Å². The molecule has 5 heteroatoms. The molecule has 0 spiro atoms. The van der Waals surface area contributed by atoms with Crippen molar-refractivity contribution < 1.29 is 14.2 Å². The SMILES string of the molecule is COCCNCC(C)(O)c1cncc(F)c1. The van der Waals surface area contributed by atoms with Gasteiger partial charge in [-0.1, -0.05) is 0 Å². The summed E-state index contributed by atoms with van der Waals surface area (Å²) in [7, 11) is 1.61. The van der Waals surface area contributed by atoms with Gasteiger partial charge in [0.05, 0.1) is 12.8 Å². The van der Waals surface area contributed by atoms with Gasteiger partial charge in [0.1, 0.15) is 11.4 Å². The molecule has 0 radical (unpaired) electrons. The van der Waals surface area contributed by atoms with Crippen molar-refractivity contribution >= 4 is 0 Å². The van der Waals surface area contributed by atoms with E-state index in [1.165, 1.54) is 12.3 Å². The van der Waals surface area contributed by atoms with Crippen molar-refractivity contribution in [1.82, 2.24) is 10.3 Å². The Morgan fingerprint density at radius 2 is 2.31 bits per heavy atom. The zero-order chi connectivity index (χ0) is 12.0. The molecule has 1 heterocycles. The summed E-state index contributed by atoms with van der Waals surface area (Å²) in [5, 5.41) is 13.1. The highest BCUT2D eigenvalue weighted by Gasteiger charge is 2.23. The molecule has 0 aromatic carbocycles. The number of aromatic nitrogens is 1. The maximum absolute atomic E-state index is 12.9. The lowest BCUT2D eigenvalue weighted by molar-refractivity contribution is 0.0543. The molecule has 0 saturated carbocycles. The normalized spacial score (nSPS) is 14.8. The van der Waals surface area contributed by atoms with Crippen LogP contribution in [0.25, 0.3) is 0 Å². The van der Waals surface area contributed by atoms with Gasteiger partial charge >= 0.3 is 0 Å². The highest BCUT2D eigenvalue weighted by Crippen LogP contribution is 2.19. The third-order valence-electron chi connectivity index (χ3n) is 2.28. The number of nitrogens with one attached hydrogen (secondary N) is 1. The molecular formula is C11H17FN2O2. The molecule has 0 saturated heterocycles. The van der Waals surface area contributed by atoms with Crippen molar-refractivity contribution in [3.63, 3.8) is 0 Å². The summed E-state index contributed by atoms with van der Waals surface area (Å²) < 4.78 is 17.8. The highest BCUT2D eigenvalue weighted by atomic mass is 19.1. The van der Waals surface area contributed by atoms with E-state index in [0.29, 0.717) is 25.3 Å². The van der Waals surface area contributed by atoms with Gasteiger partial charge in [-0.05, 0) is 13.0 Å². The second-order valence-corrected chi connectivity index (χ2v) is 3.84. The number of pyridine rings is 1. The Balaban J connectivity index is 2.55. The molecule has 1 rings (SSSR count). The van der Waals surface area contributed by atoms with Crippen molar-refractivity contribution in [2.24, 2.45) is 0 Å². The van der Waals surface area contributed by atoms with Gasteiger partial charge in [0.15, 0.2) is 0 Å². The number of aliphatic hydroxyl groups is 1. The lowest BCUT2D eigenvalue weighted by Crippen LogP contribution is -2.37. The van der Waals surface area contributed by atoms with Gasteiger partial charge in [0.25, 0.3) is 0 Å². The number of rotatable bonds is 6. The minimum atomic E-state index is -1.14. The third-order valence-corrected chi connectivity index (χ3v) is 2.28. The first-order valence-electron chi connectivity index (χ1n) is 5.09. The summed E-state index contributed by atoms with van der Waals surface area (Å²) in [6.07, 6.45) is 2.57. The van der Waals surface area contributed by atoms with E-state index in [2.05, 4.69) is 10.3 Å². The van der Waals surface area contributed by atoms with Crippen LogP contribution >= 0.6 is 0 Å². The third kappa shape index (κ3) is 3.84. The zero-order valence-electron chi connectivity index (χ0n) is 9.53. The predicted octanol–water partition coefficient (Wildman–Crippen LogP) is 0.664. The van der Waals surface area contributed by atoms with Crippen LogP contribution in [-0.4, -0.2) is 36.9 Å². The van der Waals surface area contributed by atoms with Crippen molar-refractivity contribution in [2.45, 2.75) is 12.5 Å². The van der Waals surface area contributed by atoms with Crippen LogP contribution in [0.4, 0.5) is 4.39 Å². The van der Waals surface area contributed by atoms with E-state index in [1.807, 2.05) is 0 Å². The maximum atomic E-state index is 12.9. The fraction of sp³-hybridized carbons (Fsp3) is 0.545. The van der Waals surface area contributed by atoms with Crippen LogP contribution in [0.1, 0.15) is 12.5 Å². The van der Waals surface area contributed by atoms with E-state index in [1.54, 1.807) is 14.0 Å². The van der Waals surface area contributed by atoms with Gasteiger partial charge in [0.2, 0.25) is 0 Å². The molecule has 0 bridgehead atoms. The number of nitrogens with zero attached hydrogens (tertiary/aromatic N) is 1. The van der Waals surface area contributed by atoms with Crippen LogP contribution in [0.3, 0.4) is 0 Å². The summed E-state index contributed by atoms with van der Waals surface area (Å²) in [5.74, 6) is -0.449. The van der Waals surface area contributed by atoms with E-state index >= 15 is 0 Å². The first-order valence-corrected chi connectivity index (χ1v) is 5.09. The van der Waals surface area contributed by atoms with Crippen molar-refractivity contribution in [1.29, 1.82) is 0 Å². The molecule has 4 nitrogen and oxygen atoms in total. The van der Waals surface area contributed by atoms with Crippen molar-refractivity contribution in [2.75, 3.05) is 26.8 Å². The van der Waals surface area contributed by atoms with E-state index in [9.17, 15) is 9.50 Å². The first-order chi connectivity index (χ1) is 7.56. The van der Waals surface area contributed by atoms with Gasteiger partial charge in [-0.25, -0.2) is 4.39 Å². The number of halogens is 1. The average Bonchev–Trinajstić information content (AvgIpc) is 2.24. The van der Waals surface area contributed by atoms with Gasteiger partial charge in [-0.3, -0.25) is 4.98 Å². The van der Waals surface area contributed by atoms with E-state index < -0.39 is 11.4 Å². The van der Waals surface area contributed by atoms with Crippen LogP contribution in [0, 0.1) is 5.82 Å². The molecule has 0 aliphatic heterocycles. The monoisotopic (exact) mass is 228 g/mol. The van der Waals surface area contributed by atoms with Crippen molar-refractivity contribution in [3.8, 4) is 0 Å². The van der Waals surface area contributed by atoms with Crippen LogP contribution < -0.4 is 5.32 Å². The largest absolute Gasteiger partial charge is 0.384 e. The molecule has 1 unspecified atom stereocenters. The Morgan fingerprint density at radius 3 is 2.94 bits per heavy atom. The summed E-state index contributed by atoms with van der Waals surface area (Å²) in [6, 6.07) is 1.28. The Bertz CT molecular complexity index is 332. The summed E-state index contributed by atoms with van der Waals surface area (Å²) in [6.45, 7) is 3.14. The fourth-order valence-electron chi connectivity index (χ4n) is 1.31. The highest BCUT2D eigenvalue weighted by molar-refractivity contribution is 5.18. The molecule has 1 aromatic heterocycles. The Kier molecular flexibility index (Phi) is 4.79. The van der Waals surface area contributed by atoms with Gasteiger partial charge < -0.3 is 15.2 Å². The fourth-order valence-corrected chi connectivity index (χ4v) is 1.31. The number of ether oxygens (including phenoxy) is 1. The zero-order valence-corrected chi connectivity index (χ0v) is 9.53. The Morgan fingerprint density at radius 1 is 1.56 bits per heavy atom. The number of methoxy groups -OCH3 is 1. The standard InChI is InChI=1S/C11H17FN2O2/c1-11(15,8-13-3-4-16-2)9-5-10(12)7-14-6-9/h5-7,13,15H,3-4,8H2,1-2H3. The second-order valence-electron chi connectivity index (χ2n) is 3.84. The molecule has 90 valence electrons. The van der Waals surface area contributed by atoms with Crippen LogP contribution in [-0.2, 0) is 10.3 Å². The van der Waals surface area contributed by atoms with Crippen LogP contribution in [0.5, 0.6) is 0 Å². The molecule has 1 atom stereocenters. The van der Waals surface area contributed by atoms with E-state index in [-0.39, 0.29) is 0 Å². The summed E-state index contributed by atoms with van der Waals surface area (Å²) in [5.41, 5.74) is -0.680. The first kappa shape index (κ1) is 13.0. The summed E-state index contributed by atoms with van der Waals surface area (Å²) in [4.78, 5) is 3.71. The topological polar surface area (TPSA) is 54.4 Å². The number of hydrogen-bond acceptors (Lipinski definition) is 4.